The molecule has 0 saturated carbocycles. The number of para-hydroxylation sites is 1. The molecule has 0 bridgehead atoms. The monoisotopic (exact) mass is 408 g/mol. The molecule has 0 atom stereocenters. The Hall–Kier alpha value is -2.24. The largest absolute Gasteiger partial charge is 0.494 e. The number of benzene rings is 2. The van der Waals surface area contributed by atoms with Crippen molar-refractivity contribution < 1.29 is 14.3 Å². The van der Waals surface area contributed by atoms with Gasteiger partial charge in [0.05, 0.1) is 28.9 Å². The minimum absolute atomic E-state index is 0.130. The van der Waals surface area contributed by atoms with Crippen molar-refractivity contribution in [3.05, 3.63) is 58.1 Å². The molecule has 0 unspecified atom stereocenters. The van der Waals surface area contributed by atoms with Crippen LogP contribution >= 0.6 is 23.2 Å². The molecule has 1 N–H and O–H groups in total. The number of carbonyl (C=O) groups is 2. The van der Waals surface area contributed by atoms with Crippen molar-refractivity contribution in [1.82, 2.24) is 4.90 Å². The Labute approximate surface area is 169 Å². The molecular formula is C20H22Cl2N2O3. The van der Waals surface area contributed by atoms with Gasteiger partial charge in [-0.15, -0.1) is 0 Å². The number of anilines is 1. The number of likely N-dealkylation sites (N-methyl/N-ethyl adjacent to an activating group) is 1. The summed E-state index contributed by atoms with van der Waals surface area (Å²) in [6, 6.07) is 11.8. The highest BCUT2D eigenvalue weighted by molar-refractivity contribution is 6.39. The van der Waals surface area contributed by atoms with E-state index in [0.29, 0.717) is 33.7 Å². The van der Waals surface area contributed by atoms with Crippen LogP contribution in [0, 0.1) is 0 Å². The first-order chi connectivity index (χ1) is 12.9. The van der Waals surface area contributed by atoms with Gasteiger partial charge in [-0.2, -0.15) is 0 Å². The highest BCUT2D eigenvalue weighted by Crippen LogP contribution is 2.29. The Morgan fingerprint density at radius 2 is 1.70 bits per heavy atom. The van der Waals surface area contributed by atoms with Crippen LogP contribution in [0.15, 0.2) is 42.5 Å². The number of carbonyl (C=O) groups excluding carboxylic acids is 2. The first kappa shape index (κ1) is 21.1. The number of halogens is 2. The Balaban J connectivity index is 1.93. The lowest BCUT2D eigenvalue weighted by Gasteiger charge is -2.18. The van der Waals surface area contributed by atoms with Crippen LogP contribution in [0.2, 0.25) is 10.0 Å². The van der Waals surface area contributed by atoms with E-state index < -0.39 is 0 Å². The van der Waals surface area contributed by atoms with Crippen LogP contribution < -0.4 is 10.1 Å². The fourth-order valence-electron chi connectivity index (χ4n) is 2.33. The maximum Gasteiger partial charge on any atom is 0.254 e. The van der Waals surface area contributed by atoms with E-state index in [1.165, 1.54) is 4.90 Å². The van der Waals surface area contributed by atoms with Gasteiger partial charge in [-0.1, -0.05) is 42.6 Å². The maximum absolute atomic E-state index is 12.5. The number of nitrogens with zero attached hydrogens (tertiary/aromatic N) is 1. The van der Waals surface area contributed by atoms with Gasteiger partial charge in [0.2, 0.25) is 5.91 Å². The Morgan fingerprint density at radius 1 is 1.07 bits per heavy atom. The number of hydrogen-bond donors (Lipinski definition) is 1. The van der Waals surface area contributed by atoms with Crippen molar-refractivity contribution in [3.8, 4) is 5.75 Å². The van der Waals surface area contributed by atoms with Crippen molar-refractivity contribution in [2.24, 2.45) is 0 Å². The van der Waals surface area contributed by atoms with E-state index in [9.17, 15) is 9.59 Å². The van der Waals surface area contributed by atoms with E-state index in [0.717, 1.165) is 12.8 Å². The minimum Gasteiger partial charge on any atom is -0.494 e. The minimum atomic E-state index is -0.389. The smallest absolute Gasteiger partial charge is 0.254 e. The number of unbranched alkanes of at least 4 members (excludes halogenated alkanes) is 1. The summed E-state index contributed by atoms with van der Waals surface area (Å²) >= 11 is 12.1. The average molecular weight is 409 g/mol. The second-order valence-electron chi connectivity index (χ2n) is 6.03. The molecular weight excluding hydrogens is 387 g/mol. The molecule has 0 saturated heterocycles. The molecule has 0 fully saturated rings. The summed E-state index contributed by atoms with van der Waals surface area (Å²) in [7, 11) is 1.56. The third-order valence-corrected chi connectivity index (χ3v) is 4.45. The summed E-state index contributed by atoms with van der Waals surface area (Å²) in [5.41, 5.74) is 0.809. The molecule has 144 valence electrons. The highest BCUT2D eigenvalue weighted by Gasteiger charge is 2.16. The zero-order valence-electron chi connectivity index (χ0n) is 15.3. The zero-order chi connectivity index (χ0) is 19.8. The van der Waals surface area contributed by atoms with Gasteiger partial charge in [-0.25, -0.2) is 0 Å². The number of rotatable bonds is 8. The van der Waals surface area contributed by atoms with Crippen molar-refractivity contribution >= 4 is 40.7 Å². The second kappa shape index (κ2) is 10.2. The fraction of sp³-hybridized carbons (Fsp3) is 0.300. The lowest BCUT2D eigenvalue weighted by atomic mass is 10.2. The SMILES string of the molecule is CCCCOc1ccc(C(=O)N(C)CC(=O)Nc2c(Cl)cccc2Cl)cc1. The third kappa shape index (κ3) is 6.15. The summed E-state index contributed by atoms with van der Waals surface area (Å²) in [5, 5.41) is 3.31. The van der Waals surface area contributed by atoms with Gasteiger partial charge in [-0.3, -0.25) is 9.59 Å². The van der Waals surface area contributed by atoms with Gasteiger partial charge in [0, 0.05) is 12.6 Å². The van der Waals surface area contributed by atoms with Gasteiger partial charge >= 0.3 is 0 Å². The van der Waals surface area contributed by atoms with E-state index in [4.69, 9.17) is 27.9 Å². The molecule has 7 heteroatoms. The predicted molar refractivity (Wildman–Crippen MR) is 109 cm³/mol. The molecule has 5 nitrogen and oxygen atoms in total. The zero-order valence-corrected chi connectivity index (χ0v) is 16.8. The Morgan fingerprint density at radius 3 is 2.30 bits per heavy atom. The van der Waals surface area contributed by atoms with Gasteiger partial charge < -0.3 is 15.0 Å². The van der Waals surface area contributed by atoms with Gasteiger partial charge in [0.25, 0.3) is 5.91 Å². The van der Waals surface area contributed by atoms with E-state index in [-0.39, 0.29) is 18.4 Å². The molecule has 2 amide bonds. The Bertz CT molecular complexity index is 774. The summed E-state index contributed by atoms with van der Waals surface area (Å²) in [6.07, 6.45) is 2.04. The number of hydrogen-bond acceptors (Lipinski definition) is 3. The molecule has 0 spiro atoms. The Kier molecular flexibility index (Phi) is 7.95. The van der Waals surface area contributed by atoms with Gasteiger partial charge in [0.1, 0.15) is 5.75 Å². The number of ether oxygens (including phenoxy) is 1. The first-order valence-corrected chi connectivity index (χ1v) is 9.40. The van der Waals surface area contributed by atoms with Crippen LogP contribution in [-0.2, 0) is 4.79 Å². The van der Waals surface area contributed by atoms with Crippen LogP contribution in [0.5, 0.6) is 5.75 Å². The van der Waals surface area contributed by atoms with Crippen LogP contribution in [0.1, 0.15) is 30.1 Å². The van der Waals surface area contributed by atoms with Crippen molar-refractivity contribution in [3.63, 3.8) is 0 Å². The number of amides is 2. The van der Waals surface area contributed by atoms with Gasteiger partial charge in [0.15, 0.2) is 0 Å². The maximum atomic E-state index is 12.5. The molecule has 2 aromatic rings. The molecule has 0 aromatic heterocycles. The van der Waals surface area contributed by atoms with E-state index in [2.05, 4.69) is 12.2 Å². The summed E-state index contributed by atoms with van der Waals surface area (Å²) < 4.78 is 5.58. The normalized spacial score (nSPS) is 10.4. The number of nitrogens with one attached hydrogen (secondary N) is 1. The second-order valence-corrected chi connectivity index (χ2v) is 6.85. The fourth-order valence-corrected chi connectivity index (χ4v) is 2.82. The molecule has 27 heavy (non-hydrogen) atoms. The average Bonchev–Trinajstić information content (AvgIpc) is 2.65. The molecule has 2 rings (SSSR count). The van der Waals surface area contributed by atoms with Crippen LogP contribution in [-0.4, -0.2) is 36.9 Å². The first-order valence-electron chi connectivity index (χ1n) is 8.64. The van der Waals surface area contributed by atoms with Crippen LogP contribution in [0.3, 0.4) is 0 Å². The summed E-state index contributed by atoms with van der Waals surface area (Å²) in [4.78, 5) is 26.0. The molecule has 0 aliphatic heterocycles. The van der Waals surface area contributed by atoms with Gasteiger partial charge in [-0.05, 0) is 42.8 Å². The summed E-state index contributed by atoms with van der Waals surface area (Å²) in [6.45, 7) is 2.61. The molecule has 0 aliphatic carbocycles. The van der Waals surface area contributed by atoms with E-state index >= 15 is 0 Å². The van der Waals surface area contributed by atoms with Crippen molar-refractivity contribution in [1.29, 1.82) is 0 Å². The van der Waals surface area contributed by atoms with E-state index in [1.807, 2.05) is 0 Å². The van der Waals surface area contributed by atoms with Crippen LogP contribution in [0.4, 0.5) is 5.69 Å². The molecule has 0 aliphatic rings. The lowest BCUT2D eigenvalue weighted by Crippen LogP contribution is -2.35. The standard InChI is InChI=1S/C20H22Cl2N2O3/c1-3-4-12-27-15-10-8-14(9-11-15)20(26)24(2)13-18(25)23-19-16(21)6-5-7-17(19)22/h5-11H,3-4,12-13H2,1-2H3,(H,23,25). The molecule has 2 aromatic carbocycles. The third-order valence-electron chi connectivity index (χ3n) is 3.82. The van der Waals surface area contributed by atoms with Crippen molar-refractivity contribution in [2.45, 2.75) is 19.8 Å². The van der Waals surface area contributed by atoms with Crippen LogP contribution in [0.25, 0.3) is 0 Å². The summed E-state index contributed by atoms with van der Waals surface area (Å²) in [5.74, 6) is 0.0599. The molecule has 0 radical (unpaired) electrons. The lowest BCUT2D eigenvalue weighted by molar-refractivity contribution is -0.116. The molecule has 0 heterocycles. The van der Waals surface area contributed by atoms with E-state index in [1.54, 1.807) is 49.5 Å². The highest BCUT2D eigenvalue weighted by atomic mass is 35.5. The van der Waals surface area contributed by atoms with Crippen molar-refractivity contribution in [2.75, 3.05) is 25.5 Å². The topological polar surface area (TPSA) is 58.6 Å². The predicted octanol–water partition coefficient (Wildman–Crippen LogP) is 4.88. The quantitative estimate of drug-likeness (QED) is 0.632.